The smallest absolute Gasteiger partial charge is 0.217 e. The molecule has 1 atom stereocenters. The molecule has 1 aromatic carbocycles. The second kappa shape index (κ2) is 7.33. The first kappa shape index (κ1) is 17.3. The largest absolute Gasteiger partial charge is 0.370 e. The summed E-state index contributed by atoms with van der Waals surface area (Å²) in [5, 5.41) is 0. The van der Waals surface area contributed by atoms with Crippen LogP contribution in [-0.4, -0.2) is 32.4 Å². The van der Waals surface area contributed by atoms with Crippen LogP contribution in [0.5, 0.6) is 0 Å². The number of ketones is 1. The van der Waals surface area contributed by atoms with Crippen LogP contribution >= 0.6 is 0 Å². The van der Waals surface area contributed by atoms with Crippen molar-refractivity contribution in [3.63, 3.8) is 0 Å². The van der Waals surface area contributed by atoms with Gasteiger partial charge in [0.05, 0.1) is 10.9 Å². The predicted molar refractivity (Wildman–Crippen MR) is 79.3 cm³/mol. The molecule has 0 unspecified atom stereocenters. The standard InChI is InChI=1S/C14H20N2O4S/c1-21(19,20)11-5-2-10(3-6-11)4-8-13(17)12(15)7-9-14(16)18/h2-3,5-6,12H,4,7-9,15H2,1H3,(H2,16,18)/t12-/m0/s1. The molecule has 1 rings (SSSR count). The minimum atomic E-state index is -3.21. The number of nitrogens with two attached hydrogens (primary N) is 2. The number of rotatable bonds is 8. The van der Waals surface area contributed by atoms with Gasteiger partial charge in [-0.05, 0) is 30.5 Å². The molecule has 116 valence electrons. The number of amides is 1. The van der Waals surface area contributed by atoms with Gasteiger partial charge < -0.3 is 11.5 Å². The lowest BCUT2D eigenvalue weighted by molar-refractivity contribution is -0.121. The summed E-state index contributed by atoms with van der Waals surface area (Å²) in [5.74, 6) is -0.613. The number of primary amides is 1. The lowest BCUT2D eigenvalue weighted by Crippen LogP contribution is -2.32. The fraction of sp³-hybridized carbons (Fsp3) is 0.429. The van der Waals surface area contributed by atoms with E-state index in [1.807, 2.05) is 0 Å². The monoisotopic (exact) mass is 312 g/mol. The topological polar surface area (TPSA) is 120 Å². The van der Waals surface area contributed by atoms with Crippen molar-refractivity contribution in [3.05, 3.63) is 29.8 Å². The molecule has 0 aliphatic carbocycles. The maximum absolute atomic E-state index is 11.8. The molecule has 0 saturated carbocycles. The highest BCUT2D eigenvalue weighted by Crippen LogP contribution is 2.12. The summed E-state index contributed by atoms with van der Waals surface area (Å²) >= 11 is 0. The molecule has 4 N–H and O–H groups in total. The minimum Gasteiger partial charge on any atom is -0.370 e. The fourth-order valence-electron chi connectivity index (χ4n) is 1.81. The lowest BCUT2D eigenvalue weighted by Gasteiger charge is -2.09. The van der Waals surface area contributed by atoms with Gasteiger partial charge in [0.1, 0.15) is 5.78 Å². The summed E-state index contributed by atoms with van der Waals surface area (Å²) in [4.78, 5) is 22.7. The van der Waals surface area contributed by atoms with Crippen molar-refractivity contribution < 1.29 is 18.0 Å². The van der Waals surface area contributed by atoms with E-state index < -0.39 is 21.8 Å². The highest BCUT2D eigenvalue weighted by atomic mass is 32.2. The van der Waals surface area contributed by atoms with E-state index in [-0.39, 0.29) is 29.9 Å². The molecule has 0 fully saturated rings. The maximum Gasteiger partial charge on any atom is 0.217 e. The number of benzene rings is 1. The molecule has 0 spiro atoms. The Labute approximate surface area is 124 Å². The number of aryl methyl sites for hydroxylation is 1. The van der Waals surface area contributed by atoms with Crippen molar-refractivity contribution in [1.29, 1.82) is 0 Å². The summed E-state index contributed by atoms with van der Waals surface area (Å²) in [5.41, 5.74) is 11.5. The van der Waals surface area contributed by atoms with Gasteiger partial charge in [-0.15, -0.1) is 0 Å². The van der Waals surface area contributed by atoms with Crippen molar-refractivity contribution in [2.75, 3.05) is 6.26 Å². The van der Waals surface area contributed by atoms with Gasteiger partial charge in [0.25, 0.3) is 0 Å². The Morgan fingerprint density at radius 3 is 2.19 bits per heavy atom. The molecule has 1 aromatic rings. The summed E-state index contributed by atoms with van der Waals surface area (Å²) in [6, 6.07) is 5.70. The van der Waals surface area contributed by atoms with Crippen LogP contribution in [0.4, 0.5) is 0 Å². The molecule has 0 heterocycles. The van der Waals surface area contributed by atoms with Crippen LogP contribution in [0.15, 0.2) is 29.2 Å². The SMILES string of the molecule is CS(=O)(=O)c1ccc(CCC(=O)[C@@H](N)CCC(N)=O)cc1. The van der Waals surface area contributed by atoms with Gasteiger partial charge in [0, 0.05) is 19.1 Å². The summed E-state index contributed by atoms with van der Waals surface area (Å²) < 4.78 is 22.6. The minimum absolute atomic E-state index is 0.0932. The quantitative estimate of drug-likeness (QED) is 0.709. The summed E-state index contributed by atoms with van der Waals surface area (Å²) in [6.07, 6.45) is 2.21. The third-order valence-electron chi connectivity index (χ3n) is 3.13. The highest BCUT2D eigenvalue weighted by molar-refractivity contribution is 7.90. The number of Topliss-reactive ketones (excluding diaryl/α,β-unsaturated/α-hetero) is 1. The Kier molecular flexibility index (Phi) is 6.04. The van der Waals surface area contributed by atoms with Crippen molar-refractivity contribution in [1.82, 2.24) is 0 Å². The second-order valence-electron chi connectivity index (χ2n) is 4.99. The van der Waals surface area contributed by atoms with E-state index >= 15 is 0 Å². The van der Waals surface area contributed by atoms with Gasteiger partial charge >= 0.3 is 0 Å². The molecule has 21 heavy (non-hydrogen) atoms. The molecule has 7 heteroatoms. The van der Waals surface area contributed by atoms with Gasteiger partial charge in [-0.2, -0.15) is 0 Å². The molecule has 1 amide bonds. The predicted octanol–water partition coefficient (Wildman–Crippen LogP) is 0.185. The van der Waals surface area contributed by atoms with E-state index in [0.29, 0.717) is 6.42 Å². The Morgan fingerprint density at radius 1 is 1.14 bits per heavy atom. The van der Waals surface area contributed by atoms with Gasteiger partial charge in [0.15, 0.2) is 9.84 Å². The Balaban J connectivity index is 2.51. The summed E-state index contributed by atoms with van der Waals surface area (Å²) in [7, 11) is -3.21. The van der Waals surface area contributed by atoms with E-state index in [1.54, 1.807) is 12.1 Å². The maximum atomic E-state index is 11.8. The van der Waals surface area contributed by atoms with Crippen LogP contribution in [0.1, 0.15) is 24.8 Å². The molecule has 0 saturated heterocycles. The molecular formula is C14H20N2O4S. The first-order valence-corrected chi connectivity index (χ1v) is 8.45. The van der Waals surface area contributed by atoms with Gasteiger partial charge in [-0.3, -0.25) is 9.59 Å². The van der Waals surface area contributed by atoms with E-state index in [9.17, 15) is 18.0 Å². The molecule has 0 aromatic heterocycles. The number of carbonyl (C=O) groups excluding carboxylic acids is 2. The van der Waals surface area contributed by atoms with E-state index in [0.717, 1.165) is 11.8 Å². The van der Waals surface area contributed by atoms with E-state index in [1.165, 1.54) is 12.1 Å². The number of sulfone groups is 1. The molecule has 0 aliphatic heterocycles. The van der Waals surface area contributed by atoms with Gasteiger partial charge in [0.2, 0.25) is 5.91 Å². The van der Waals surface area contributed by atoms with Gasteiger partial charge in [-0.1, -0.05) is 12.1 Å². The van der Waals surface area contributed by atoms with Gasteiger partial charge in [-0.25, -0.2) is 8.42 Å². The molecule has 0 aliphatic rings. The average Bonchev–Trinajstić information content (AvgIpc) is 2.41. The second-order valence-corrected chi connectivity index (χ2v) is 7.01. The Hall–Kier alpha value is -1.73. The van der Waals surface area contributed by atoms with Crippen LogP contribution < -0.4 is 11.5 Å². The van der Waals surface area contributed by atoms with Crippen LogP contribution in [0.25, 0.3) is 0 Å². The van der Waals surface area contributed by atoms with E-state index in [4.69, 9.17) is 11.5 Å². The highest BCUT2D eigenvalue weighted by Gasteiger charge is 2.14. The third kappa shape index (κ3) is 6.05. The third-order valence-corrected chi connectivity index (χ3v) is 4.26. The zero-order chi connectivity index (χ0) is 16.0. The normalized spacial score (nSPS) is 12.9. The molecular weight excluding hydrogens is 292 g/mol. The van der Waals surface area contributed by atoms with Crippen LogP contribution in [0.2, 0.25) is 0 Å². The molecule has 6 nitrogen and oxygen atoms in total. The number of hydrogen-bond donors (Lipinski definition) is 2. The lowest BCUT2D eigenvalue weighted by atomic mass is 10.0. The van der Waals surface area contributed by atoms with Crippen molar-refractivity contribution >= 4 is 21.5 Å². The zero-order valence-corrected chi connectivity index (χ0v) is 12.7. The van der Waals surface area contributed by atoms with Crippen LogP contribution in [0, 0.1) is 0 Å². The average molecular weight is 312 g/mol. The summed E-state index contributed by atoms with van der Waals surface area (Å²) in [6.45, 7) is 0. The van der Waals surface area contributed by atoms with Crippen molar-refractivity contribution in [2.45, 2.75) is 36.6 Å². The Morgan fingerprint density at radius 2 is 1.71 bits per heavy atom. The first-order chi connectivity index (χ1) is 9.70. The van der Waals surface area contributed by atoms with E-state index in [2.05, 4.69) is 0 Å². The number of hydrogen-bond acceptors (Lipinski definition) is 5. The van der Waals surface area contributed by atoms with Crippen LogP contribution in [0.3, 0.4) is 0 Å². The van der Waals surface area contributed by atoms with Crippen molar-refractivity contribution in [3.8, 4) is 0 Å². The zero-order valence-electron chi connectivity index (χ0n) is 11.9. The first-order valence-electron chi connectivity index (χ1n) is 6.55. The number of carbonyl (C=O) groups is 2. The fourth-order valence-corrected chi connectivity index (χ4v) is 2.45. The van der Waals surface area contributed by atoms with Crippen molar-refractivity contribution in [2.24, 2.45) is 11.5 Å². The molecule has 0 radical (unpaired) electrons. The molecule has 0 bridgehead atoms. The Bertz CT molecular complexity index is 608. The van der Waals surface area contributed by atoms with Crippen LogP contribution in [-0.2, 0) is 25.8 Å².